The molecule has 1 fully saturated rings. The predicted molar refractivity (Wildman–Crippen MR) is 84.7 cm³/mol. The molecular formula is C17H24N2O3. The lowest BCUT2D eigenvalue weighted by Crippen LogP contribution is -2.38. The minimum atomic E-state index is -1.04. The highest BCUT2D eigenvalue weighted by Crippen LogP contribution is 2.18. The summed E-state index contributed by atoms with van der Waals surface area (Å²) in [6.07, 6.45) is 2.44. The zero-order valence-corrected chi connectivity index (χ0v) is 13.2. The average Bonchev–Trinajstić information content (AvgIpc) is 2.49. The maximum Gasteiger partial charge on any atom is 0.325 e. The fourth-order valence-corrected chi connectivity index (χ4v) is 2.63. The van der Waals surface area contributed by atoms with Gasteiger partial charge in [-0.3, -0.25) is 14.5 Å². The van der Waals surface area contributed by atoms with E-state index in [0.29, 0.717) is 5.56 Å². The normalized spacial score (nSPS) is 17.9. The van der Waals surface area contributed by atoms with E-state index in [2.05, 4.69) is 17.1 Å². The topological polar surface area (TPSA) is 69.6 Å². The molecule has 1 unspecified atom stereocenters. The van der Waals surface area contributed by atoms with Crippen LogP contribution in [0.1, 0.15) is 42.6 Å². The highest BCUT2D eigenvalue weighted by molar-refractivity contribution is 5.96. The molecule has 0 aromatic heterocycles. The number of hydrogen-bond donors (Lipinski definition) is 2. The predicted octanol–water partition coefficient (Wildman–Crippen LogP) is 2.12. The molecule has 5 heteroatoms. The van der Waals surface area contributed by atoms with Crippen LogP contribution in [0.2, 0.25) is 0 Å². The molecule has 5 nitrogen and oxygen atoms in total. The average molecular weight is 304 g/mol. The summed E-state index contributed by atoms with van der Waals surface area (Å²) in [7, 11) is 0. The number of aliphatic carboxylic acids is 1. The van der Waals surface area contributed by atoms with E-state index in [1.165, 1.54) is 19.8 Å². The lowest BCUT2D eigenvalue weighted by Gasteiger charge is -2.30. The number of amides is 1. The zero-order valence-electron chi connectivity index (χ0n) is 13.2. The first-order valence-electron chi connectivity index (χ1n) is 7.80. The third kappa shape index (κ3) is 4.56. The van der Waals surface area contributed by atoms with Crippen molar-refractivity contribution in [1.29, 1.82) is 0 Å². The fourth-order valence-electron chi connectivity index (χ4n) is 2.63. The fraction of sp³-hybridized carbons (Fsp3) is 0.529. The number of nitrogens with one attached hydrogen (secondary N) is 1. The maximum atomic E-state index is 12.1. The summed E-state index contributed by atoms with van der Waals surface area (Å²) >= 11 is 0. The van der Waals surface area contributed by atoms with Gasteiger partial charge < -0.3 is 10.4 Å². The number of carboxylic acid groups (broad SMARTS) is 1. The van der Waals surface area contributed by atoms with Gasteiger partial charge in [-0.05, 0) is 56.5 Å². The van der Waals surface area contributed by atoms with Crippen LogP contribution in [0.25, 0.3) is 0 Å². The molecule has 0 radical (unpaired) electrons. The lowest BCUT2D eigenvalue weighted by molar-refractivity contribution is -0.138. The highest BCUT2D eigenvalue weighted by Gasteiger charge is 2.17. The molecule has 1 saturated heterocycles. The number of rotatable bonds is 5. The maximum absolute atomic E-state index is 12.1. The highest BCUT2D eigenvalue weighted by atomic mass is 16.4. The van der Waals surface area contributed by atoms with Crippen LogP contribution in [0, 0.1) is 5.92 Å². The molecule has 1 amide bonds. The van der Waals surface area contributed by atoms with Gasteiger partial charge in [0, 0.05) is 12.1 Å². The van der Waals surface area contributed by atoms with Crippen LogP contribution in [-0.4, -0.2) is 41.0 Å². The van der Waals surface area contributed by atoms with Gasteiger partial charge in [0.25, 0.3) is 5.91 Å². The molecule has 0 saturated carbocycles. The van der Waals surface area contributed by atoms with Crippen LogP contribution in [0.3, 0.4) is 0 Å². The van der Waals surface area contributed by atoms with Crippen molar-refractivity contribution >= 4 is 11.9 Å². The third-order valence-corrected chi connectivity index (χ3v) is 4.19. The molecule has 2 N–H and O–H groups in total. The molecule has 1 aliphatic rings. The molecular weight excluding hydrogens is 280 g/mol. The van der Waals surface area contributed by atoms with Crippen LogP contribution >= 0.6 is 0 Å². The quantitative estimate of drug-likeness (QED) is 0.874. The van der Waals surface area contributed by atoms with Crippen molar-refractivity contribution in [1.82, 2.24) is 10.2 Å². The second-order valence-electron chi connectivity index (χ2n) is 6.19. The molecule has 1 atom stereocenters. The molecule has 0 bridgehead atoms. The Morgan fingerprint density at radius 2 is 2.05 bits per heavy atom. The number of carbonyl (C=O) groups is 2. The molecule has 1 aliphatic heterocycles. The molecule has 1 aromatic carbocycles. The van der Waals surface area contributed by atoms with Gasteiger partial charge in [-0.15, -0.1) is 0 Å². The number of likely N-dealkylation sites (tertiary alicyclic amines) is 1. The number of nitrogens with zero attached hydrogens (tertiary/aromatic N) is 1. The number of benzene rings is 1. The first kappa shape index (κ1) is 16.5. The summed E-state index contributed by atoms with van der Waals surface area (Å²) in [4.78, 5) is 25.3. The van der Waals surface area contributed by atoms with Crippen molar-refractivity contribution in [2.24, 2.45) is 5.92 Å². The molecule has 120 valence electrons. The SMILES string of the molecule is CC1CCN(Cc2cccc(C(=O)NC(C)C(=O)O)c2)CC1. The lowest BCUT2D eigenvalue weighted by atomic mass is 9.98. The van der Waals surface area contributed by atoms with Crippen LogP contribution < -0.4 is 5.32 Å². The van der Waals surface area contributed by atoms with Crippen molar-refractivity contribution in [2.45, 2.75) is 39.3 Å². The van der Waals surface area contributed by atoms with E-state index in [-0.39, 0.29) is 5.91 Å². The van der Waals surface area contributed by atoms with Crippen LogP contribution in [-0.2, 0) is 11.3 Å². The number of piperidine rings is 1. The van der Waals surface area contributed by atoms with Crippen molar-refractivity contribution in [3.8, 4) is 0 Å². The second kappa shape index (κ2) is 7.40. The van der Waals surface area contributed by atoms with Crippen molar-refractivity contribution in [3.05, 3.63) is 35.4 Å². The van der Waals surface area contributed by atoms with Gasteiger partial charge in [0.15, 0.2) is 0 Å². The van der Waals surface area contributed by atoms with Gasteiger partial charge in [0.2, 0.25) is 0 Å². The largest absolute Gasteiger partial charge is 0.480 e. The standard InChI is InChI=1S/C17H24N2O3/c1-12-6-8-19(9-7-12)11-14-4-3-5-15(10-14)16(20)18-13(2)17(21)22/h3-5,10,12-13H,6-9,11H2,1-2H3,(H,18,20)(H,21,22). The number of carboxylic acids is 1. The molecule has 1 heterocycles. The molecule has 0 aliphatic carbocycles. The van der Waals surface area contributed by atoms with E-state index in [4.69, 9.17) is 5.11 Å². The van der Waals surface area contributed by atoms with Gasteiger partial charge in [-0.1, -0.05) is 19.1 Å². The minimum absolute atomic E-state index is 0.344. The van der Waals surface area contributed by atoms with E-state index < -0.39 is 12.0 Å². The molecule has 1 aromatic rings. The Balaban J connectivity index is 1.97. The Kier molecular flexibility index (Phi) is 5.55. The molecule has 0 spiro atoms. The Bertz CT molecular complexity index is 536. The summed E-state index contributed by atoms with van der Waals surface area (Å²) in [5.41, 5.74) is 1.60. The second-order valence-corrected chi connectivity index (χ2v) is 6.19. The van der Waals surface area contributed by atoms with Crippen molar-refractivity contribution < 1.29 is 14.7 Å². The van der Waals surface area contributed by atoms with E-state index in [1.807, 2.05) is 18.2 Å². The first-order valence-corrected chi connectivity index (χ1v) is 7.80. The third-order valence-electron chi connectivity index (χ3n) is 4.19. The Hall–Kier alpha value is -1.88. The van der Waals surface area contributed by atoms with E-state index >= 15 is 0 Å². The van der Waals surface area contributed by atoms with E-state index in [1.54, 1.807) is 6.07 Å². The van der Waals surface area contributed by atoms with Crippen LogP contribution in [0.5, 0.6) is 0 Å². The minimum Gasteiger partial charge on any atom is -0.480 e. The summed E-state index contributed by atoms with van der Waals surface area (Å²) in [6, 6.07) is 6.53. The Labute approximate surface area is 131 Å². The molecule has 22 heavy (non-hydrogen) atoms. The van der Waals surface area contributed by atoms with Gasteiger partial charge >= 0.3 is 5.97 Å². The first-order chi connectivity index (χ1) is 10.5. The summed E-state index contributed by atoms with van der Waals surface area (Å²) in [5, 5.41) is 11.3. The Morgan fingerprint density at radius 1 is 1.36 bits per heavy atom. The van der Waals surface area contributed by atoms with E-state index in [9.17, 15) is 9.59 Å². The van der Waals surface area contributed by atoms with Gasteiger partial charge in [0.05, 0.1) is 0 Å². The van der Waals surface area contributed by atoms with Gasteiger partial charge in [0.1, 0.15) is 6.04 Å². The van der Waals surface area contributed by atoms with E-state index in [0.717, 1.165) is 31.1 Å². The Morgan fingerprint density at radius 3 is 2.68 bits per heavy atom. The number of hydrogen-bond acceptors (Lipinski definition) is 3. The van der Waals surface area contributed by atoms with Gasteiger partial charge in [-0.25, -0.2) is 0 Å². The summed E-state index contributed by atoms with van der Waals surface area (Å²) in [5.74, 6) is -0.582. The number of carbonyl (C=O) groups excluding carboxylic acids is 1. The van der Waals surface area contributed by atoms with Crippen molar-refractivity contribution in [3.63, 3.8) is 0 Å². The van der Waals surface area contributed by atoms with Gasteiger partial charge in [-0.2, -0.15) is 0 Å². The summed E-state index contributed by atoms with van der Waals surface area (Å²) in [6.45, 7) is 6.76. The smallest absolute Gasteiger partial charge is 0.325 e. The van der Waals surface area contributed by atoms with Crippen LogP contribution in [0.15, 0.2) is 24.3 Å². The zero-order chi connectivity index (χ0) is 16.1. The monoisotopic (exact) mass is 304 g/mol. The van der Waals surface area contributed by atoms with Crippen molar-refractivity contribution in [2.75, 3.05) is 13.1 Å². The summed E-state index contributed by atoms with van der Waals surface area (Å²) < 4.78 is 0. The molecule has 2 rings (SSSR count). The van der Waals surface area contributed by atoms with Crippen LogP contribution in [0.4, 0.5) is 0 Å².